The van der Waals surface area contributed by atoms with Gasteiger partial charge in [0, 0.05) is 41.3 Å². The lowest BCUT2D eigenvalue weighted by molar-refractivity contribution is -0.136. The molecule has 2 aromatic rings. The van der Waals surface area contributed by atoms with Crippen LogP contribution in [0.3, 0.4) is 0 Å². The Morgan fingerprint density at radius 1 is 0.839 bits per heavy atom. The third kappa shape index (κ3) is 3.61. The first-order chi connectivity index (χ1) is 15.2. The Labute approximate surface area is 185 Å². The predicted octanol–water partition coefficient (Wildman–Crippen LogP) is 5.80. The quantitative estimate of drug-likeness (QED) is 0.680. The summed E-state index contributed by atoms with van der Waals surface area (Å²) < 4.78 is 2.45. The molecular formula is C27H36N2O2. The second-order valence-corrected chi connectivity index (χ2v) is 11.0. The number of benzene rings is 1. The van der Waals surface area contributed by atoms with E-state index in [9.17, 15) is 9.90 Å². The average Bonchev–Trinajstić information content (AvgIpc) is 3.10. The van der Waals surface area contributed by atoms with Crippen LogP contribution >= 0.6 is 0 Å². The number of carboxylic acids is 1. The van der Waals surface area contributed by atoms with Crippen LogP contribution in [0.2, 0.25) is 0 Å². The Morgan fingerprint density at radius 2 is 1.52 bits per heavy atom. The summed E-state index contributed by atoms with van der Waals surface area (Å²) in [6.45, 7) is 0. The first kappa shape index (κ1) is 19.8. The second kappa shape index (κ2) is 7.95. The van der Waals surface area contributed by atoms with E-state index >= 15 is 0 Å². The minimum atomic E-state index is -0.738. The maximum Gasteiger partial charge on any atom is 0.307 e. The molecule has 4 aliphatic rings. The summed E-state index contributed by atoms with van der Waals surface area (Å²) in [6.07, 6.45) is 17.6. The van der Waals surface area contributed by atoms with Crippen molar-refractivity contribution in [2.24, 2.45) is 11.8 Å². The first-order valence-corrected chi connectivity index (χ1v) is 12.7. The Hall–Kier alpha value is -1.81. The van der Waals surface area contributed by atoms with E-state index in [4.69, 9.17) is 0 Å². The van der Waals surface area contributed by atoms with Gasteiger partial charge >= 0.3 is 5.97 Å². The van der Waals surface area contributed by atoms with Gasteiger partial charge in [0.1, 0.15) is 0 Å². The number of nitrogens with zero attached hydrogens (tertiary/aromatic N) is 2. The number of carboxylic acid groups (broad SMARTS) is 1. The summed E-state index contributed by atoms with van der Waals surface area (Å²) in [5.41, 5.74) is 2.19. The number of aliphatic carboxylic acids is 1. The molecule has 166 valence electrons. The van der Waals surface area contributed by atoms with Crippen molar-refractivity contribution in [2.45, 2.75) is 101 Å². The monoisotopic (exact) mass is 420 g/mol. The third-order valence-electron chi connectivity index (χ3n) is 9.09. The fourth-order valence-corrected chi connectivity index (χ4v) is 8.04. The van der Waals surface area contributed by atoms with E-state index in [1.165, 1.54) is 76.1 Å². The van der Waals surface area contributed by atoms with Gasteiger partial charge in [-0.3, -0.25) is 9.69 Å². The van der Waals surface area contributed by atoms with E-state index in [0.717, 1.165) is 28.8 Å². The van der Waals surface area contributed by atoms with Crippen molar-refractivity contribution >= 4 is 16.9 Å². The number of hydrogen-bond acceptors (Lipinski definition) is 2. The SMILES string of the molecule is O=C(O)Cc1cn(C2CC3CCCC(C2)N3C2CC3CCCC(C3)C2)c2ccccc12. The third-order valence-corrected chi connectivity index (χ3v) is 9.09. The molecule has 1 N–H and O–H groups in total. The van der Waals surface area contributed by atoms with Gasteiger partial charge < -0.3 is 9.67 Å². The molecule has 0 spiro atoms. The topological polar surface area (TPSA) is 45.5 Å². The van der Waals surface area contributed by atoms with Crippen LogP contribution in [-0.2, 0) is 11.2 Å². The lowest BCUT2D eigenvalue weighted by Crippen LogP contribution is -2.58. The zero-order chi connectivity index (χ0) is 20.9. The molecule has 1 aromatic carbocycles. The molecule has 4 nitrogen and oxygen atoms in total. The van der Waals surface area contributed by atoms with Gasteiger partial charge in [-0.1, -0.05) is 43.9 Å². The van der Waals surface area contributed by atoms with Crippen LogP contribution in [0.4, 0.5) is 0 Å². The zero-order valence-electron chi connectivity index (χ0n) is 18.6. The molecule has 2 saturated carbocycles. The molecule has 1 aromatic heterocycles. The van der Waals surface area contributed by atoms with Crippen molar-refractivity contribution in [1.29, 1.82) is 0 Å². The fourth-order valence-electron chi connectivity index (χ4n) is 8.04. The smallest absolute Gasteiger partial charge is 0.307 e. The van der Waals surface area contributed by atoms with Crippen LogP contribution < -0.4 is 0 Å². The standard InChI is InChI=1S/C27H36N2O2/c30-27(31)14-20-17-28(26-10-2-1-9-25(20)26)23-15-21-7-4-8-22(16-23)29(21)24-12-18-5-3-6-19(11-18)13-24/h1-2,9-10,17-19,21-24H,3-8,11-16H2,(H,30,31). The van der Waals surface area contributed by atoms with Gasteiger partial charge in [0.2, 0.25) is 0 Å². The molecule has 3 heterocycles. The van der Waals surface area contributed by atoms with Crippen LogP contribution in [0.25, 0.3) is 10.9 Å². The van der Waals surface area contributed by atoms with Gasteiger partial charge in [-0.15, -0.1) is 0 Å². The molecule has 2 saturated heterocycles. The Bertz CT molecular complexity index is 939. The molecule has 0 amide bonds. The molecule has 4 bridgehead atoms. The largest absolute Gasteiger partial charge is 0.481 e. The maximum atomic E-state index is 11.4. The highest BCUT2D eigenvalue weighted by molar-refractivity contribution is 5.87. The lowest BCUT2D eigenvalue weighted by atomic mass is 9.68. The highest BCUT2D eigenvalue weighted by Gasteiger charge is 2.45. The number of carbonyl (C=O) groups is 1. The minimum Gasteiger partial charge on any atom is -0.481 e. The number of hydrogen-bond donors (Lipinski definition) is 1. The summed E-state index contributed by atoms with van der Waals surface area (Å²) >= 11 is 0. The number of fused-ring (bicyclic) bond motifs is 5. The molecule has 4 atom stereocenters. The summed E-state index contributed by atoms with van der Waals surface area (Å²) in [7, 11) is 0. The van der Waals surface area contributed by atoms with E-state index in [0.29, 0.717) is 18.1 Å². The molecule has 2 aliphatic heterocycles. The van der Waals surface area contributed by atoms with E-state index in [2.05, 4.69) is 33.9 Å². The van der Waals surface area contributed by atoms with E-state index in [1.54, 1.807) is 0 Å². The van der Waals surface area contributed by atoms with Crippen molar-refractivity contribution in [3.05, 3.63) is 36.0 Å². The van der Waals surface area contributed by atoms with Gasteiger partial charge in [0.05, 0.1) is 6.42 Å². The Kier molecular flexibility index (Phi) is 5.09. The highest BCUT2D eigenvalue weighted by atomic mass is 16.4. The molecular weight excluding hydrogens is 384 g/mol. The molecule has 4 fully saturated rings. The van der Waals surface area contributed by atoms with Crippen molar-refractivity contribution in [3.8, 4) is 0 Å². The second-order valence-electron chi connectivity index (χ2n) is 11.0. The highest BCUT2D eigenvalue weighted by Crippen LogP contribution is 2.48. The van der Waals surface area contributed by atoms with Gasteiger partial charge in [0.15, 0.2) is 0 Å². The van der Waals surface area contributed by atoms with Crippen LogP contribution in [0.5, 0.6) is 0 Å². The van der Waals surface area contributed by atoms with Gasteiger partial charge in [-0.05, 0) is 68.4 Å². The molecule has 31 heavy (non-hydrogen) atoms. The Balaban J connectivity index is 1.28. The van der Waals surface area contributed by atoms with Crippen molar-refractivity contribution in [3.63, 3.8) is 0 Å². The molecule has 0 radical (unpaired) electrons. The number of rotatable bonds is 4. The number of para-hydroxylation sites is 1. The normalized spacial score (nSPS) is 35.9. The van der Waals surface area contributed by atoms with Crippen molar-refractivity contribution < 1.29 is 9.90 Å². The summed E-state index contributed by atoms with van der Waals surface area (Å²) in [4.78, 5) is 14.5. The van der Waals surface area contributed by atoms with Gasteiger partial charge in [-0.2, -0.15) is 0 Å². The van der Waals surface area contributed by atoms with E-state index in [1.807, 2.05) is 6.07 Å². The maximum absolute atomic E-state index is 11.4. The van der Waals surface area contributed by atoms with Crippen LogP contribution in [0.15, 0.2) is 30.5 Å². The van der Waals surface area contributed by atoms with Crippen LogP contribution in [0.1, 0.15) is 82.2 Å². The molecule has 6 rings (SSSR count). The summed E-state index contributed by atoms with van der Waals surface area (Å²) in [6, 6.07) is 11.2. The van der Waals surface area contributed by atoms with Crippen molar-refractivity contribution in [2.75, 3.05) is 0 Å². The molecule has 2 aliphatic carbocycles. The number of piperidine rings is 2. The Morgan fingerprint density at radius 3 is 2.23 bits per heavy atom. The minimum absolute atomic E-state index is 0.115. The first-order valence-electron chi connectivity index (χ1n) is 12.7. The summed E-state index contributed by atoms with van der Waals surface area (Å²) in [5, 5.41) is 10.5. The predicted molar refractivity (Wildman–Crippen MR) is 123 cm³/mol. The summed E-state index contributed by atoms with van der Waals surface area (Å²) in [5.74, 6) is 1.24. The fraction of sp³-hybridized carbons (Fsp3) is 0.667. The van der Waals surface area contributed by atoms with Crippen LogP contribution in [-0.4, -0.2) is 38.7 Å². The average molecular weight is 421 g/mol. The van der Waals surface area contributed by atoms with Crippen LogP contribution in [0, 0.1) is 11.8 Å². The number of aromatic nitrogens is 1. The van der Waals surface area contributed by atoms with Gasteiger partial charge in [0.25, 0.3) is 0 Å². The van der Waals surface area contributed by atoms with E-state index < -0.39 is 5.97 Å². The lowest BCUT2D eigenvalue weighted by Gasteiger charge is -2.55. The molecule has 4 heteroatoms. The zero-order valence-corrected chi connectivity index (χ0v) is 18.6. The van der Waals surface area contributed by atoms with E-state index in [-0.39, 0.29) is 6.42 Å². The van der Waals surface area contributed by atoms with Crippen molar-refractivity contribution in [1.82, 2.24) is 9.47 Å². The molecule has 4 unspecified atom stereocenters. The van der Waals surface area contributed by atoms with Gasteiger partial charge in [-0.25, -0.2) is 0 Å².